The molecule has 0 radical (unpaired) electrons. The number of nitrogens with zero attached hydrogens (tertiary/aromatic N) is 8. The molecule has 26 nitrogen and oxygen atoms in total. The molecule has 6 unspecified atom stereocenters. The number of methoxy groups -OCH3 is 2. The topological polar surface area (TPSA) is 292 Å². The van der Waals surface area contributed by atoms with Crippen molar-refractivity contribution in [2.24, 2.45) is 5.92 Å². The molecule has 10 aromatic carbocycles. The summed E-state index contributed by atoms with van der Waals surface area (Å²) >= 11 is 36.9. The second-order valence-corrected chi connectivity index (χ2v) is 39.8. The van der Waals surface area contributed by atoms with Crippen LogP contribution in [0, 0.1) is 11.7 Å². The average Bonchev–Trinajstić information content (AvgIpc) is 1.63. The van der Waals surface area contributed by atoms with Gasteiger partial charge in [0.15, 0.2) is 5.11 Å². The Morgan fingerprint density at radius 3 is 1.25 bits per heavy atom. The molecule has 0 saturated heterocycles. The van der Waals surface area contributed by atoms with Gasteiger partial charge in [-0.25, -0.2) is 28.7 Å². The van der Waals surface area contributed by atoms with Crippen LogP contribution in [0.1, 0.15) is 169 Å². The summed E-state index contributed by atoms with van der Waals surface area (Å²) in [5.41, 5.74) is 19.8. The van der Waals surface area contributed by atoms with E-state index in [1.807, 2.05) is 150 Å². The number of H-pyrrole nitrogens is 5. The molecule has 6 amide bonds. The van der Waals surface area contributed by atoms with Crippen LogP contribution in [0.2, 0.25) is 25.1 Å². The Kier molecular flexibility index (Phi) is 33.4. The molecule has 0 bridgehead atoms. The number of thiocarbonyl (C=S) groups is 1. The van der Waals surface area contributed by atoms with Gasteiger partial charge in [0.05, 0.1) is 63.8 Å². The van der Waals surface area contributed by atoms with Gasteiger partial charge in [-0.1, -0.05) is 121 Å². The minimum absolute atomic E-state index is 0.0222. The number of halogens is 9. The maximum absolute atomic E-state index is 13.4. The lowest BCUT2D eigenvalue weighted by atomic mass is 9.88. The van der Waals surface area contributed by atoms with E-state index in [1.54, 1.807) is 68.5 Å². The van der Waals surface area contributed by atoms with Gasteiger partial charge in [-0.2, -0.15) is 13.2 Å². The number of urea groups is 1. The van der Waals surface area contributed by atoms with Crippen LogP contribution in [0.15, 0.2) is 225 Å². The molecule has 11 heterocycles. The van der Waals surface area contributed by atoms with Crippen LogP contribution in [0.4, 0.5) is 49.3 Å². The third kappa shape index (κ3) is 23.8. The molecule has 0 spiro atoms. The first-order valence-corrected chi connectivity index (χ1v) is 51.5. The average molecular weight is 2140 g/mol. The lowest BCUT2D eigenvalue weighted by molar-refractivity contribution is -0.137. The molecule has 36 heteroatoms. The number of carbonyl (C=O) groups excluding carboxylic acids is 5. The first kappa shape index (κ1) is 106. The highest BCUT2D eigenvalue weighted by atomic mass is 35.5. The number of rotatable bonds is 18. The van der Waals surface area contributed by atoms with Crippen molar-refractivity contribution in [3.63, 3.8) is 0 Å². The van der Waals surface area contributed by atoms with Gasteiger partial charge >= 0.3 is 24.4 Å². The maximum atomic E-state index is 13.4. The highest BCUT2D eigenvalue weighted by Crippen LogP contribution is 2.48. The predicted molar refractivity (Wildman–Crippen MR) is 583 cm³/mol. The van der Waals surface area contributed by atoms with Gasteiger partial charge in [0.25, 0.3) is 0 Å². The molecule has 5 aliphatic rings. The SMILES string of the molecule is CC(=O)N1CCc2c([nH]c3ccc(Cl)cc23)C1c1ccc(OCCCN(C)C)cc1.CCOC(=O)N1CCc2c([nH]c3ccc(Cl)cc23)C1C(C)CC.CCOC(=O)N1CCc2c([nH]c3ccc(Cl)cc23)C1c1cnc(NC(C)=O)nc1.COc1ccc(C2c3[nH]c4ccc(Cl)cc4c3CCN2C(=O)Nc2cccc(C(F)(F)F)c2)cc1.COc1ccc(C2c3[nH]c4ccc(Cl)cc4c3CCN2C(=S)Nc2ccc(F)cc2)cc1. The first-order valence-electron chi connectivity index (χ1n) is 49.2. The highest BCUT2D eigenvalue weighted by Gasteiger charge is 2.42. The van der Waals surface area contributed by atoms with E-state index in [-0.39, 0.29) is 60.1 Å². The van der Waals surface area contributed by atoms with E-state index in [4.69, 9.17) is 93.9 Å². The Bertz CT molecular complexity index is 7580. The van der Waals surface area contributed by atoms with E-state index < -0.39 is 35.9 Å². The first-order chi connectivity index (χ1) is 71.7. The van der Waals surface area contributed by atoms with Gasteiger partial charge < -0.3 is 78.8 Å². The third-order valence-corrected chi connectivity index (χ3v) is 29.0. The van der Waals surface area contributed by atoms with Crippen LogP contribution in [0.3, 0.4) is 0 Å². The number of anilines is 3. The van der Waals surface area contributed by atoms with Gasteiger partial charge in [0, 0.05) is 191 Å². The fourth-order valence-electron chi connectivity index (χ4n) is 20.4. The molecule has 774 valence electrons. The van der Waals surface area contributed by atoms with Crippen molar-refractivity contribution in [1.29, 1.82) is 0 Å². The molecule has 8 N–H and O–H groups in total. The van der Waals surface area contributed by atoms with E-state index in [0.29, 0.717) is 84.6 Å². The molecule has 16 aromatic rings. The summed E-state index contributed by atoms with van der Waals surface area (Å²) < 4.78 is 79.8. The maximum Gasteiger partial charge on any atom is 0.416 e. The van der Waals surface area contributed by atoms with Crippen LogP contribution in [-0.4, -0.2) is 187 Å². The summed E-state index contributed by atoms with van der Waals surface area (Å²) in [5, 5.41) is 18.0. The van der Waals surface area contributed by atoms with Crippen molar-refractivity contribution < 1.29 is 65.2 Å². The minimum atomic E-state index is -4.50. The molecular formula is C113H113Cl5F4N16O10S. The van der Waals surface area contributed by atoms with Crippen molar-refractivity contribution in [3.05, 3.63) is 340 Å². The lowest BCUT2D eigenvalue weighted by Crippen LogP contribution is -2.43. The zero-order valence-electron chi connectivity index (χ0n) is 83.6. The molecule has 5 aliphatic heterocycles. The number of fused-ring (bicyclic) bond motifs is 15. The van der Waals surface area contributed by atoms with Gasteiger partial charge in [-0.3, -0.25) is 24.7 Å². The molecule has 0 saturated carbocycles. The van der Waals surface area contributed by atoms with Gasteiger partial charge in [0.1, 0.15) is 29.1 Å². The zero-order chi connectivity index (χ0) is 105. The number of carbonyl (C=O) groups is 5. The number of ether oxygens (including phenoxy) is 5. The highest BCUT2D eigenvalue weighted by molar-refractivity contribution is 7.80. The molecule has 0 aliphatic carbocycles. The summed E-state index contributed by atoms with van der Waals surface area (Å²) in [6.45, 7) is 16.3. The fourth-order valence-corrected chi connectivity index (χ4v) is 21.6. The number of nitrogens with one attached hydrogen (secondary N) is 8. The Hall–Kier alpha value is -14.1. The Morgan fingerprint density at radius 1 is 0.456 bits per heavy atom. The van der Waals surface area contributed by atoms with E-state index in [9.17, 15) is 41.5 Å². The predicted octanol–water partition coefficient (Wildman–Crippen LogP) is 26.6. The van der Waals surface area contributed by atoms with E-state index >= 15 is 0 Å². The summed E-state index contributed by atoms with van der Waals surface area (Å²) in [6, 6.07) is 61.8. The smallest absolute Gasteiger partial charge is 0.416 e. The quantitative estimate of drug-likeness (QED) is 0.0225. The Morgan fingerprint density at radius 2 is 0.839 bits per heavy atom. The second kappa shape index (κ2) is 46.8. The molecular weight excluding hydrogens is 2030 g/mol. The van der Waals surface area contributed by atoms with Crippen LogP contribution in [-0.2, 0) is 57.3 Å². The Labute approximate surface area is 889 Å². The normalized spacial score (nSPS) is 16.2. The third-order valence-electron chi connectivity index (χ3n) is 27.5. The van der Waals surface area contributed by atoms with Crippen molar-refractivity contribution >= 4 is 177 Å². The lowest BCUT2D eigenvalue weighted by Gasteiger charge is -2.38. The summed E-state index contributed by atoms with van der Waals surface area (Å²) in [5.74, 6) is 2.43. The second-order valence-electron chi connectivity index (χ2n) is 37.2. The van der Waals surface area contributed by atoms with Gasteiger partial charge in [0.2, 0.25) is 17.8 Å². The number of aromatic nitrogens is 7. The molecule has 149 heavy (non-hydrogen) atoms. The van der Waals surface area contributed by atoms with Gasteiger partial charge in [-0.15, -0.1) is 0 Å². The van der Waals surface area contributed by atoms with Crippen molar-refractivity contribution in [2.75, 3.05) is 103 Å². The van der Waals surface area contributed by atoms with Crippen LogP contribution < -0.4 is 30.2 Å². The summed E-state index contributed by atoms with van der Waals surface area (Å²) in [7, 11) is 7.35. The number of aromatic amines is 5. The fraction of sp³-hybridized carbons (Fsp3) is 0.292. The molecule has 6 aromatic heterocycles. The van der Waals surface area contributed by atoms with Crippen molar-refractivity contribution in [1.82, 2.24) is 64.3 Å². The van der Waals surface area contributed by atoms with E-state index in [0.717, 1.165) is 195 Å². The zero-order valence-corrected chi connectivity index (χ0v) is 88.2. The molecule has 21 rings (SSSR count). The van der Waals surface area contributed by atoms with Crippen molar-refractivity contribution in [3.8, 4) is 17.2 Å². The summed E-state index contributed by atoms with van der Waals surface area (Å²) in [6.07, 6.45) is 3.80. The largest absolute Gasteiger partial charge is 0.497 e. The van der Waals surface area contributed by atoms with Crippen molar-refractivity contribution in [2.45, 2.75) is 123 Å². The number of amides is 6. The summed E-state index contributed by atoms with van der Waals surface area (Å²) in [4.78, 5) is 99.5. The number of hydrogen-bond acceptors (Lipinski definition) is 14. The van der Waals surface area contributed by atoms with Crippen LogP contribution >= 0.6 is 70.2 Å². The standard InChI is InChI=1S/C26H21ClF3N3O2.C25H21ClFN3OS.C24H28ClN3O2.C20H20ClN5O3.C18H23ClN2O2/c1-35-19-8-5-15(6-9-19)24-23-20(21-14-17(27)7-10-22(21)32-23)11-12-33(24)25(34)31-18-4-2-3-16(13-18)26(28,29)30;1-31-19-9-2-15(3-10-19)24-23-20(21-14-16(26)4-11-22(21)29-23)12-13-30(24)25(32)28-18-7-5-17(27)6-8-18;1-16(29)28-13-11-20-21-15-18(25)7-10-22(21)26-23(20)24(28)17-5-8-19(9-6-17)30-14-4-12-27(2)3;1-3-29-20(28)26-7-6-14-15-8-13(21)4-5-16(15)25-17(14)18(26)12-9-22-19(23-10-12)24-11(2)27;1-4-11(3)17-16-13(8-9-21(17)18(22)23-5-2)14-10-12(19)6-7-15(14)20-16/h2-10,13-14,24,32H,11-12H2,1H3,(H,31,34);2-11,14,24,29H,12-13H2,1H3,(H,28,32);5-10,15,24,26H,4,11-14H2,1-3H3;4-5,8-10,18,25H,3,6-7H2,1-2H3,(H,22,23,24,27);6-7,10-11,17,20H,4-5,8-9H2,1-3H3. The molecule has 0 fully saturated rings. The van der Waals surface area contributed by atoms with Crippen LogP contribution in [0.5, 0.6) is 17.2 Å². The minimum Gasteiger partial charge on any atom is -0.497 e. The number of benzene rings is 10. The number of alkyl halides is 3. The van der Waals surface area contributed by atoms with E-state index in [2.05, 4.69) is 113 Å². The Balaban J connectivity index is 0.000000128. The molecule has 6 atom stereocenters. The van der Waals surface area contributed by atoms with E-state index in [1.165, 1.54) is 53.3 Å². The van der Waals surface area contributed by atoms with Gasteiger partial charge in [-0.05, 0) is 299 Å². The monoisotopic (exact) mass is 2140 g/mol. The number of hydrogen-bond donors (Lipinski definition) is 8. The van der Waals surface area contributed by atoms with Crippen LogP contribution in [0.25, 0.3) is 54.5 Å².